The highest BCUT2D eigenvalue weighted by atomic mass is 16.5. The third kappa shape index (κ3) is 3.82. The smallest absolute Gasteiger partial charge is 0.122 e. The van der Waals surface area contributed by atoms with Crippen LogP contribution in [0.15, 0.2) is 54.9 Å². The maximum absolute atomic E-state index is 6.10. The van der Waals surface area contributed by atoms with Gasteiger partial charge in [-0.1, -0.05) is 37.3 Å². The molecule has 0 spiro atoms. The maximum Gasteiger partial charge on any atom is 0.122 e. The predicted octanol–water partition coefficient (Wildman–Crippen LogP) is 3.37. The monoisotopic (exact) mass is 282 g/mol. The molecule has 0 aliphatic carbocycles. The normalized spacial score (nSPS) is 22.9. The number of likely N-dealkylation sites (tertiary alicyclic amines) is 1. The Hall–Kier alpha value is -1.87. The number of nitrogens with zero attached hydrogens (tertiary/aromatic N) is 2. The van der Waals surface area contributed by atoms with Gasteiger partial charge in [-0.25, -0.2) is 0 Å². The van der Waals surface area contributed by atoms with E-state index in [4.69, 9.17) is 4.74 Å². The van der Waals surface area contributed by atoms with E-state index >= 15 is 0 Å². The second-order valence-electron chi connectivity index (χ2n) is 5.83. The fraction of sp³-hybridized carbons (Fsp3) is 0.389. The van der Waals surface area contributed by atoms with Crippen molar-refractivity contribution in [1.82, 2.24) is 9.88 Å². The summed E-state index contributed by atoms with van der Waals surface area (Å²) in [6.07, 6.45) is 4.95. The van der Waals surface area contributed by atoms with Gasteiger partial charge in [0.05, 0.1) is 0 Å². The number of pyridine rings is 1. The quantitative estimate of drug-likeness (QED) is 0.859. The van der Waals surface area contributed by atoms with Gasteiger partial charge in [-0.15, -0.1) is 0 Å². The molecule has 2 atom stereocenters. The van der Waals surface area contributed by atoms with Crippen molar-refractivity contribution in [3.05, 3.63) is 60.4 Å². The van der Waals surface area contributed by atoms with Gasteiger partial charge in [0.2, 0.25) is 0 Å². The van der Waals surface area contributed by atoms with Crippen LogP contribution in [0.1, 0.15) is 18.9 Å². The van der Waals surface area contributed by atoms with Crippen LogP contribution in [0.3, 0.4) is 0 Å². The molecule has 0 unspecified atom stereocenters. The highest BCUT2D eigenvalue weighted by molar-refractivity contribution is 5.18. The van der Waals surface area contributed by atoms with Crippen molar-refractivity contribution in [2.24, 2.45) is 5.92 Å². The number of aromatic nitrogens is 1. The van der Waals surface area contributed by atoms with Crippen molar-refractivity contribution in [1.29, 1.82) is 0 Å². The van der Waals surface area contributed by atoms with Crippen LogP contribution >= 0.6 is 0 Å². The van der Waals surface area contributed by atoms with Gasteiger partial charge >= 0.3 is 0 Å². The number of ether oxygens (including phenoxy) is 1. The Balaban J connectivity index is 1.54. The third-order valence-electron chi connectivity index (χ3n) is 4.10. The molecule has 0 N–H and O–H groups in total. The van der Waals surface area contributed by atoms with E-state index < -0.39 is 0 Å². The first-order chi connectivity index (χ1) is 10.3. The van der Waals surface area contributed by atoms with Crippen LogP contribution in [-0.2, 0) is 6.54 Å². The molecule has 2 aromatic rings. The van der Waals surface area contributed by atoms with E-state index in [1.807, 2.05) is 12.1 Å². The Labute approximate surface area is 126 Å². The molecule has 3 heteroatoms. The van der Waals surface area contributed by atoms with Gasteiger partial charge in [0.1, 0.15) is 11.9 Å². The van der Waals surface area contributed by atoms with Crippen molar-refractivity contribution in [3.63, 3.8) is 0 Å². The minimum absolute atomic E-state index is 0.305. The highest BCUT2D eigenvalue weighted by Gasteiger charge is 2.27. The second-order valence-corrected chi connectivity index (χ2v) is 5.83. The molecule has 3 rings (SSSR count). The lowest BCUT2D eigenvalue weighted by Gasteiger charge is -2.37. The largest absolute Gasteiger partial charge is 0.490 e. The Morgan fingerprint density at radius 3 is 2.62 bits per heavy atom. The Morgan fingerprint density at radius 1 is 1.14 bits per heavy atom. The van der Waals surface area contributed by atoms with Gasteiger partial charge in [0.15, 0.2) is 0 Å². The molecule has 110 valence electrons. The fourth-order valence-electron chi connectivity index (χ4n) is 2.96. The topological polar surface area (TPSA) is 25.4 Å². The summed E-state index contributed by atoms with van der Waals surface area (Å²) >= 11 is 0. The van der Waals surface area contributed by atoms with Crippen molar-refractivity contribution >= 4 is 0 Å². The lowest BCUT2D eigenvalue weighted by molar-refractivity contribution is 0.0490. The molecule has 0 bridgehead atoms. The molecule has 1 aromatic carbocycles. The van der Waals surface area contributed by atoms with Gasteiger partial charge in [0.25, 0.3) is 0 Å². The zero-order chi connectivity index (χ0) is 14.5. The molecule has 3 nitrogen and oxygen atoms in total. The molecule has 2 heterocycles. The lowest BCUT2D eigenvalue weighted by atomic mass is 9.96. The molecular weight excluding hydrogens is 260 g/mol. The van der Waals surface area contributed by atoms with Crippen LogP contribution in [0.2, 0.25) is 0 Å². The average Bonchev–Trinajstić information content (AvgIpc) is 2.52. The van der Waals surface area contributed by atoms with Crippen molar-refractivity contribution in [2.75, 3.05) is 13.1 Å². The minimum atomic E-state index is 0.305. The number of hydrogen-bond donors (Lipinski definition) is 0. The molecule has 1 saturated heterocycles. The second kappa shape index (κ2) is 6.72. The Bertz CT molecular complexity index is 544. The first kappa shape index (κ1) is 14.1. The van der Waals surface area contributed by atoms with Crippen molar-refractivity contribution in [3.8, 4) is 5.75 Å². The van der Waals surface area contributed by atoms with Crippen molar-refractivity contribution < 1.29 is 4.74 Å². The number of piperidine rings is 1. The van der Waals surface area contributed by atoms with E-state index in [2.05, 4.69) is 47.1 Å². The number of hydrogen-bond acceptors (Lipinski definition) is 3. The minimum Gasteiger partial charge on any atom is -0.490 e. The molecular formula is C18H22N2O. The van der Waals surface area contributed by atoms with Crippen LogP contribution in [0.4, 0.5) is 0 Å². The van der Waals surface area contributed by atoms with Gasteiger partial charge < -0.3 is 4.74 Å². The first-order valence-corrected chi connectivity index (χ1v) is 7.64. The van der Waals surface area contributed by atoms with Gasteiger partial charge in [-0.05, 0) is 24.1 Å². The lowest BCUT2D eigenvalue weighted by Crippen LogP contribution is -2.43. The van der Waals surface area contributed by atoms with Gasteiger partial charge in [-0.2, -0.15) is 0 Å². The van der Waals surface area contributed by atoms with E-state index in [-0.39, 0.29) is 0 Å². The Kier molecular flexibility index (Phi) is 4.51. The molecule has 0 saturated carbocycles. The van der Waals surface area contributed by atoms with Crippen LogP contribution in [0.5, 0.6) is 5.75 Å². The molecule has 21 heavy (non-hydrogen) atoms. The summed E-state index contributed by atoms with van der Waals surface area (Å²) in [7, 11) is 0. The average molecular weight is 282 g/mol. The summed E-state index contributed by atoms with van der Waals surface area (Å²) in [6.45, 7) is 5.50. The van der Waals surface area contributed by atoms with Gasteiger partial charge in [0, 0.05) is 37.9 Å². The van der Waals surface area contributed by atoms with E-state index in [1.54, 1.807) is 12.4 Å². The molecule has 1 aliphatic rings. The fourth-order valence-corrected chi connectivity index (χ4v) is 2.96. The summed E-state index contributed by atoms with van der Waals surface area (Å²) in [5, 5.41) is 0. The van der Waals surface area contributed by atoms with E-state index in [9.17, 15) is 0 Å². The van der Waals surface area contributed by atoms with Crippen LogP contribution in [0.25, 0.3) is 0 Å². The summed E-state index contributed by atoms with van der Waals surface area (Å²) in [5.41, 5.74) is 1.39. The van der Waals surface area contributed by atoms with Crippen LogP contribution in [-0.4, -0.2) is 29.1 Å². The Morgan fingerprint density at radius 2 is 1.90 bits per heavy atom. The number of benzene rings is 1. The summed E-state index contributed by atoms with van der Waals surface area (Å²) in [5.74, 6) is 1.47. The molecule has 0 amide bonds. The van der Waals surface area contributed by atoms with E-state index in [0.717, 1.165) is 31.8 Å². The molecule has 1 aromatic heterocycles. The zero-order valence-electron chi connectivity index (χ0n) is 12.5. The number of rotatable bonds is 4. The predicted molar refractivity (Wildman–Crippen MR) is 84.2 cm³/mol. The van der Waals surface area contributed by atoms with E-state index in [1.165, 1.54) is 5.56 Å². The highest BCUT2D eigenvalue weighted by Crippen LogP contribution is 2.23. The third-order valence-corrected chi connectivity index (χ3v) is 4.10. The summed E-state index contributed by atoms with van der Waals surface area (Å²) in [4.78, 5) is 6.55. The summed E-state index contributed by atoms with van der Waals surface area (Å²) in [6, 6.07) is 14.6. The van der Waals surface area contributed by atoms with Crippen molar-refractivity contribution in [2.45, 2.75) is 26.0 Å². The molecule has 1 fully saturated rings. The van der Waals surface area contributed by atoms with Gasteiger partial charge in [-0.3, -0.25) is 9.88 Å². The maximum atomic E-state index is 6.10. The molecule has 0 radical (unpaired) electrons. The van der Waals surface area contributed by atoms with Crippen LogP contribution in [0, 0.1) is 5.92 Å². The standard InChI is InChI=1S/C18H22N2O/c1-15-13-20(14-16-5-3-2-4-6-16)12-9-18(15)21-17-7-10-19-11-8-17/h2-8,10-11,15,18H,9,12-14H2,1H3/t15-,18-/m0/s1. The summed E-state index contributed by atoms with van der Waals surface area (Å²) < 4.78 is 6.10. The SMILES string of the molecule is C[C@H]1CN(Cc2ccccc2)CC[C@@H]1Oc1ccncc1. The van der Waals surface area contributed by atoms with E-state index in [0.29, 0.717) is 12.0 Å². The zero-order valence-corrected chi connectivity index (χ0v) is 12.5. The first-order valence-electron chi connectivity index (χ1n) is 7.64. The van der Waals surface area contributed by atoms with Crippen LogP contribution < -0.4 is 4.74 Å². The molecule has 1 aliphatic heterocycles.